The number of nitrogens with one attached hydrogen (secondary N) is 2. The Balaban J connectivity index is 1.29. The van der Waals surface area contributed by atoms with E-state index in [1.165, 1.54) is 29.2 Å². The Morgan fingerprint density at radius 1 is 0.953 bits per heavy atom. The highest BCUT2D eigenvalue weighted by Gasteiger charge is 2.41. The molecule has 2 aliphatic rings. The first-order valence-electron chi connectivity index (χ1n) is 13.3. The van der Waals surface area contributed by atoms with E-state index in [9.17, 15) is 29.3 Å². The number of carbonyl (C=O) groups excluding carboxylic acids is 4. The molecular formula is C29H26ClN5O8. The van der Waals surface area contributed by atoms with Gasteiger partial charge in [0.1, 0.15) is 18.8 Å². The van der Waals surface area contributed by atoms with E-state index in [4.69, 9.17) is 21.1 Å². The maximum Gasteiger partial charge on any atom is 0.338 e. The van der Waals surface area contributed by atoms with Crippen LogP contribution in [0.3, 0.4) is 0 Å². The van der Waals surface area contributed by atoms with Gasteiger partial charge in [0.25, 0.3) is 11.6 Å². The number of esters is 1. The molecule has 0 radical (unpaired) electrons. The third kappa shape index (κ3) is 7.08. The van der Waals surface area contributed by atoms with Crippen LogP contribution in [0.5, 0.6) is 0 Å². The van der Waals surface area contributed by atoms with Crippen LogP contribution in [0.2, 0.25) is 5.02 Å². The van der Waals surface area contributed by atoms with Crippen LogP contribution in [-0.2, 0) is 19.1 Å². The van der Waals surface area contributed by atoms with E-state index in [0.29, 0.717) is 35.2 Å². The molecule has 4 amide bonds. The first-order valence-corrected chi connectivity index (χ1v) is 13.6. The average molecular weight is 608 g/mol. The minimum Gasteiger partial charge on any atom is -0.457 e. The minimum atomic E-state index is -0.998. The van der Waals surface area contributed by atoms with Crippen molar-refractivity contribution in [2.24, 2.45) is 0 Å². The maximum atomic E-state index is 13.4. The smallest absolute Gasteiger partial charge is 0.338 e. The van der Waals surface area contributed by atoms with Crippen molar-refractivity contribution in [3.63, 3.8) is 0 Å². The van der Waals surface area contributed by atoms with Gasteiger partial charge in [-0.05, 0) is 60.7 Å². The monoisotopic (exact) mass is 607 g/mol. The number of morpholine rings is 1. The molecule has 0 unspecified atom stereocenters. The molecule has 0 spiro atoms. The zero-order valence-electron chi connectivity index (χ0n) is 22.6. The summed E-state index contributed by atoms with van der Waals surface area (Å²) in [5, 5.41) is 16.9. The predicted molar refractivity (Wildman–Crippen MR) is 156 cm³/mol. The van der Waals surface area contributed by atoms with Crippen LogP contribution in [0.25, 0.3) is 0 Å². The number of halogens is 1. The maximum absolute atomic E-state index is 13.4. The SMILES string of the molecule is O=C(O[C@H]1C[C@H](C(=O)Nc2ccc(N3CCOCC3=O)cc2)N(C(=O)Nc2ccc(Cl)cc2)C1)c1ccc([N+](=O)[O-])cc1. The Hall–Kier alpha value is -5.01. The topological polar surface area (TPSA) is 160 Å². The van der Waals surface area contributed by atoms with Crippen LogP contribution < -0.4 is 15.5 Å². The second-order valence-corrected chi connectivity index (χ2v) is 10.2. The van der Waals surface area contributed by atoms with Crippen LogP contribution >= 0.6 is 11.6 Å². The summed E-state index contributed by atoms with van der Waals surface area (Å²) in [5.41, 5.74) is 1.47. The summed E-state index contributed by atoms with van der Waals surface area (Å²) in [6, 6.07) is 16.5. The number of ether oxygens (including phenoxy) is 2. The first kappa shape index (κ1) is 29.5. The Morgan fingerprint density at radius 3 is 2.26 bits per heavy atom. The van der Waals surface area contributed by atoms with Gasteiger partial charge in [-0.15, -0.1) is 0 Å². The fourth-order valence-corrected chi connectivity index (χ4v) is 4.89. The largest absolute Gasteiger partial charge is 0.457 e. The van der Waals surface area contributed by atoms with Gasteiger partial charge in [-0.25, -0.2) is 9.59 Å². The molecule has 2 atom stereocenters. The number of nitro groups is 1. The van der Waals surface area contributed by atoms with Crippen LogP contribution in [0.15, 0.2) is 72.8 Å². The van der Waals surface area contributed by atoms with Crippen LogP contribution in [0.4, 0.5) is 27.5 Å². The van der Waals surface area contributed by atoms with Crippen molar-refractivity contribution in [2.45, 2.75) is 18.6 Å². The lowest BCUT2D eigenvalue weighted by atomic mass is 10.1. The summed E-state index contributed by atoms with van der Waals surface area (Å²) in [6.07, 6.45) is -0.817. The molecule has 2 fully saturated rings. The summed E-state index contributed by atoms with van der Waals surface area (Å²) < 4.78 is 10.8. The number of non-ortho nitro benzene ring substituents is 1. The molecule has 2 heterocycles. The fraction of sp³-hybridized carbons (Fsp3) is 0.241. The van der Waals surface area contributed by atoms with Gasteiger partial charge in [-0.2, -0.15) is 0 Å². The Morgan fingerprint density at radius 2 is 1.60 bits per heavy atom. The van der Waals surface area contributed by atoms with Crippen molar-refractivity contribution < 1.29 is 33.6 Å². The van der Waals surface area contributed by atoms with E-state index < -0.39 is 35.0 Å². The number of hydrogen-bond donors (Lipinski definition) is 2. The van der Waals surface area contributed by atoms with Gasteiger partial charge < -0.3 is 29.9 Å². The van der Waals surface area contributed by atoms with Gasteiger partial charge in [0.05, 0.1) is 23.6 Å². The van der Waals surface area contributed by atoms with E-state index in [0.717, 1.165) is 0 Å². The number of nitro benzene ring substituents is 1. The van der Waals surface area contributed by atoms with E-state index >= 15 is 0 Å². The molecule has 3 aromatic rings. The van der Waals surface area contributed by atoms with Crippen molar-refractivity contribution in [2.75, 3.05) is 41.8 Å². The Kier molecular flexibility index (Phi) is 8.83. The second-order valence-electron chi connectivity index (χ2n) is 9.81. The third-order valence-electron chi connectivity index (χ3n) is 6.94. The van der Waals surface area contributed by atoms with E-state index in [1.807, 2.05) is 0 Å². The zero-order chi connectivity index (χ0) is 30.5. The molecule has 222 valence electrons. The van der Waals surface area contributed by atoms with Gasteiger partial charge in [-0.3, -0.25) is 19.7 Å². The van der Waals surface area contributed by atoms with Gasteiger partial charge in [0.2, 0.25) is 5.91 Å². The number of urea groups is 1. The van der Waals surface area contributed by atoms with Gasteiger partial charge in [-0.1, -0.05) is 11.6 Å². The second kappa shape index (κ2) is 12.9. The Bertz CT molecular complexity index is 1530. The van der Waals surface area contributed by atoms with Crippen molar-refractivity contribution in [3.05, 3.63) is 93.5 Å². The molecule has 5 rings (SSSR count). The third-order valence-corrected chi connectivity index (χ3v) is 7.19. The molecule has 3 aromatic carbocycles. The lowest BCUT2D eigenvalue weighted by Gasteiger charge is -2.27. The molecular weight excluding hydrogens is 582 g/mol. The highest BCUT2D eigenvalue weighted by atomic mass is 35.5. The predicted octanol–water partition coefficient (Wildman–Crippen LogP) is 4.08. The van der Waals surface area contributed by atoms with Gasteiger partial charge >= 0.3 is 12.0 Å². The quantitative estimate of drug-likeness (QED) is 0.231. The molecule has 0 aromatic heterocycles. The number of benzene rings is 3. The number of likely N-dealkylation sites (tertiary alicyclic amines) is 1. The summed E-state index contributed by atoms with van der Waals surface area (Å²) in [4.78, 5) is 64.8. The summed E-state index contributed by atoms with van der Waals surface area (Å²) >= 11 is 5.94. The molecule has 43 heavy (non-hydrogen) atoms. The molecule has 0 saturated carbocycles. The van der Waals surface area contributed by atoms with Crippen molar-refractivity contribution in [3.8, 4) is 0 Å². The minimum absolute atomic E-state index is 0.00399. The Labute approximate surface area is 250 Å². The van der Waals surface area contributed by atoms with E-state index in [1.54, 1.807) is 53.4 Å². The summed E-state index contributed by atoms with van der Waals surface area (Å²) in [5.74, 6) is -1.41. The number of anilines is 3. The van der Waals surface area contributed by atoms with Crippen LogP contribution in [-0.4, -0.2) is 72.1 Å². The van der Waals surface area contributed by atoms with Gasteiger partial charge in [0, 0.05) is 47.2 Å². The first-order chi connectivity index (χ1) is 20.7. The number of rotatable bonds is 7. The lowest BCUT2D eigenvalue weighted by molar-refractivity contribution is -0.384. The van der Waals surface area contributed by atoms with Crippen LogP contribution in [0, 0.1) is 10.1 Å². The summed E-state index contributed by atoms with van der Waals surface area (Å²) in [7, 11) is 0. The normalized spacial score (nSPS) is 18.2. The lowest BCUT2D eigenvalue weighted by Crippen LogP contribution is -2.45. The van der Waals surface area contributed by atoms with Crippen molar-refractivity contribution in [1.82, 2.24) is 4.90 Å². The molecule has 0 bridgehead atoms. The van der Waals surface area contributed by atoms with Crippen molar-refractivity contribution in [1.29, 1.82) is 0 Å². The zero-order valence-corrected chi connectivity index (χ0v) is 23.4. The van der Waals surface area contributed by atoms with E-state index in [-0.39, 0.29) is 36.7 Å². The van der Waals surface area contributed by atoms with Gasteiger partial charge in [0.15, 0.2) is 0 Å². The molecule has 2 saturated heterocycles. The molecule has 13 nitrogen and oxygen atoms in total. The number of hydrogen-bond acceptors (Lipinski definition) is 8. The fourth-order valence-electron chi connectivity index (χ4n) is 4.76. The number of carbonyl (C=O) groups is 4. The van der Waals surface area contributed by atoms with E-state index in [2.05, 4.69) is 10.6 Å². The molecule has 14 heteroatoms. The van der Waals surface area contributed by atoms with Crippen LogP contribution in [0.1, 0.15) is 16.8 Å². The highest BCUT2D eigenvalue weighted by molar-refractivity contribution is 6.30. The number of nitrogens with zero attached hydrogens (tertiary/aromatic N) is 3. The molecule has 2 aliphatic heterocycles. The molecule has 0 aliphatic carbocycles. The average Bonchev–Trinajstić information content (AvgIpc) is 3.43. The molecule has 2 N–H and O–H groups in total. The highest BCUT2D eigenvalue weighted by Crippen LogP contribution is 2.26. The standard InChI is InChI=1S/C29H26ClN5O8/c30-19-3-5-21(6-4-19)32-29(39)34-16-24(43-28(38)18-1-9-23(10-2-18)35(40)41)15-25(34)27(37)31-20-7-11-22(12-8-20)33-13-14-42-17-26(33)36/h1-12,24-25H,13-17H2,(H,31,37)(H,32,39)/t24-,25+/m0/s1. The number of amides is 4. The van der Waals surface area contributed by atoms with Crippen molar-refractivity contribution >= 4 is 58.2 Å². The summed E-state index contributed by atoms with van der Waals surface area (Å²) in [6.45, 7) is 0.776.